The van der Waals surface area contributed by atoms with Gasteiger partial charge in [-0.1, -0.05) is 48.5 Å². The van der Waals surface area contributed by atoms with Gasteiger partial charge in [0.15, 0.2) is 0 Å². The Kier molecular flexibility index (Phi) is 4.99. The third-order valence-corrected chi connectivity index (χ3v) is 5.28. The van der Waals surface area contributed by atoms with Gasteiger partial charge < -0.3 is 9.84 Å². The number of benzene rings is 2. The van der Waals surface area contributed by atoms with Crippen molar-refractivity contribution in [3.05, 3.63) is 59.7 Å². The van der Waals surface area contributed by atoms with Crippen LogP contribution in [-0.4, -0.2) is 40.4 Å². The maximum Gasteiger partial charge on any atom is 0.420 e. The Morgan fingerprint density at radius 3 is 2.12 bits per heavy atom. The summed E-state index contributed by atoms with van der Waals surface area (Å²) < 4.78 is 6.60. The molecule has 0 aromatic heterocycles. The average Bonchev–Trinajstić information content (AvgIpc) is 2.94. The van der Waals surface area contributed by atoms with Crippen molar-refractivity contribution in [2.45, 2.75) is 18.9 Å². The summed E-state index contributed by atoms with van der Waals surface area (Å²) in [6.07, 6.45) is 1.02. The minimum atomic E-state index is -1.07. The van der Waals surface area contributed by atoms with Crippen molar-refractivity contribution in [3.8, 4) is 11.1 Å². The van der Waals surface area contributed by atoms with Crippen LogP contribution in [0.2, 0.25) is 0 Å². The Bertz CT molecular complexity index is 762. The van der Waals surface area contributed by atoms with Gasteiger partial charge in [0.2, 0.25) is 0 Å². The van der Waals surface area contributed by atoms with Gasteiger partial charge in [-0.25, -0.2) is 13.9 Å². The maximum atomic E-state index is 12.3. The third-order valence-electron chi connectivity index (χ3n) is 4.42. The van der Waals surface area contributed by atoms with E-state index in [1.807, 2.05) is 36.4 Å². The van der Waals surface area contributed by atoms with E-state index in [1.165, 1.54) is 6.92 Å². The number of amides is 1. The molecular weight excluding hydrogens is 338 g/mol. The molecule has 1 aliphatic carbocycles. The van der Waals surface area contributed by atoms with Gasteiger partial charge in [0, 0.05) is 12.2 Å². The Balaban J connectivity index is 1.79. The van der Waals surface area contributed by atoms with Crippen LogP contribution in [0.3, 0.4) is 0 Å². The number of aliphatic carboxylic acids is 1. The maximum absolute atomic E-state index is 12.3. The summed E-state index contributed by atoms with van der Waals surface area (Å²) in [7, 11) is 0. The number of carboxylic acids is 1. The molecule has 0 aliphatic heterocycles. The van der Waals surface area contributed by atoms with Crippen LogP contribution in [0, 0.1) is 0 Å². The first-order valence-corrected chi connectivity index (χ1v) is 9.14. The summed E-state index contributed by atoms with van der Waals surface area (Å²) in [5.41, 5.74) is 4.55. The standard InChI is InChI=1S/C19H19NO4S/c1-12(18(21)22)20(25-2)19(23)24-11-17-15-9-5-3-7-13(15)14-8-4-6-10-16(14)17/h3-10,12,17H,11H2,1-2H3,(H,21,22). The van der Waals surface area contributed by atoms with Crippen molar-refractivity contribution in [3.63, 3.8) is 0 Å². The first-order valence-electron chi connectivity index (χ1n) is 7.95. The molecule has 6 heteroatoms. The first-order chi connectivity index (χ1) is 12.0. The molecule has 25 heavy (non-hydrogen) atoms. The molecule has 0 radical (unpaired) electrons. The van der Waals surface area contributed by atoms with E-state index in [0.717, 1.165) is 38.5 Å². The van der Waals surface area contributed by atoms with Gasteiger partial charge >= 0.3 is 12.1 Å². The second-order valence-electron chi connectivity index (χ2n) is 5.83. The van der Waals surface area contributed by atoms with Gasteiger partial charge in [0.05, 0.1) is 0 Å². The van der Waals surface area contributed by atoms with Gasteiger partial charge in [-0.05, 0) is 41.1 Å². The minimum absolute atomic E-state index is 0.0415. The molecule has 2 aromatic carbocycles. The van der Waals surface area contributed by atoms with E-state index >= 15 is 0 Å². The molecule has 0 fully saturated rings. The van der Waals surface area contributed by atoms with E-state index in [2.05, 4.69) is 12.1 Å². The normalized spacial score (nSPS) is 13.7. The molecule has 0 saturated carbocycles. The number of hydrogen-bond acceptors (Lipinski definition) is 4. The van der Waals surface area contributed by atoms with Gasteiger partial charge in [0.25, 0.3) is 0 Å². The van der Waals surface area contributed by atoms with E-state index in [1.54, 1.807) is 6.26 Å². The number of carbonyl (C=O) groups is 2. The highest BCUT2D eigenvalue weighted by atomic mass is 32.2. The second kappa shape index (κ2) is 7.19. The van der Waals surface area contributed by atoms with Crippen LogP contribution in [-0.2, 0) is 9.53 Å². The number of carbonyl (C=O) groups excluding carboxylic acids is 1. The molecule has 130 valence electrons. The van der Waals surface area contributed by atoms with E-state index < -0.39 is 18.1 Å². The molecule has 1 unspecified atom stereocenters. The quantitative estimate of drug-likeness (QED) is 0.820. The minimum Gasteiger partial charge on any atom is -0.480 e. The summed E-state index contributed by atoms with van der Waals surface area (Å²) >= 11 is 1.05. The zero-order valence-corrected chi connectivity index (χ0v) is 14.8. The molecule has 1 atom stereocenters. The van der Waals surface area contributed by atoms with E-state index in [9.17, 15) is 9.59 Å². The van der Waals surface area contributed by atoms with Gasteiger partial charge in [-0.15, -0.1) is 0 Å². The first kappa shape index (κ1) is 17.4. The monoisotopic (exact) mass is 357 g/mol. The number of ether oxygens (including phenoxy) is 1. The zero-order chi connectivity index (χ0) is 18.0. The number of fused-ring (bicyclic) bond motifs is 3. The molecule has 0 bridgehead atoms. The van der Waals surface area contributed by atoms with Gasteiger partial charge in [0.1, 0.15) is 12.6 Å². The molecule has 2 aromatic rings. The lowest BCUT2D eigenvalue weighted by Crippen LogP contribution is -2.39. The molecule has 1 aliphatic rings. The Labute approximate surface area is 150 Å². The van der Waals surface area contributed by atoms with Gasteiger partial charge in [-0.3, -0.25) is 0 Å². The van der Waals surface area contributed by atoms with E-state index in [0.29, 0.717) is 0 Å². The fraction of sp³-hybridized carbons (Fsp3) is 0.263. The SMILES string of the molecule is CSN(C(=O)OCC1c2ccccc2-c2ccccc21)C(C)C(=O)O. The molecule has 0 spiro atoms. The fourth-order valence-electron chi connectivity index (χ4n) is 3.15. The van der Waals surface area contributed by atoms with Crippen molar-refractivity contribution >= 4 is 24.0 Å². The lowest BCUT2D eigenvalue weighted by molar-refractivity contribution is -0.140. The molecule has 1 N–H and O–H groups in total. The Hall–Kier alpha value is -2.47. The zero-order valence-electron chi connectivity index (χ0n) is 14.0. The van der Waals surface area contributed by atoms with Crippen molar-refractivity contribution in [2.75, 3.05) is 12.9 Å². The molecule has 0 saturated heterocycles. The molecule has 3 rings (SSSR count). The Morgan fingerprint density at radius 1 is 1.12 bits per heavy atom. The molecule has 1 amide bonds. The van der Waals surface area contributed by atoms with E-state index in [4.69, 9.17) is 9.84 Å². The average molecular weight is 357 g/mol. The third kappa shape index (κ3) is 3.22. The molecule has 5 nitrogen and oxygen atoms in total. The van der Waals surface area contributed by atoms with Crippen molar-refractivity contribution in [1.82, 2.24) is 4.31 Å². The number of hydrogen-bond donors (Lipinski definition) is 1. The predicted octanol–water partition coefficient (Wildman–Crippen LogP) is 3.99. The van der Waals surface area contributed by atoms with E-state index in [-0.39, 0.29) is 12.5 Å². The van der Waals surface area contributed by atoms with Crippen LogP contribution < -0.4 is 0 Å². The highest BCUT2D eigenvalue weighted by molar-refractivity contribution is 7.96. The van der Waals surface area contributed by atoms with Crippen LogP contribution in [0.1, 0.15) is 24.0 Å². The van der Waals surface area contributed by atoms with Crippen molar-refractivity contribution in [1.29, 1.82) is 0 Å². The van der Waals surface area contributed by atoms with Crippen LogP contribution in [0.4, 0.5) is 4.79 Å². The predicted molar refractivity (Wildman–Crippen MR) is 97.5 cm³/mol. The summed E-state index contributed by atoms with van der Waals surface area (Å²) in [5, 5.41) is 9.11. The van der Waals surface area contributed by atoms with Crippen molar-refractivity contribution < 1.29 is 19.4 Å². The summed E-state index contributed by atoms with van der Waals surface area (Å²) in [6.45, 7) is 1.64. The van der Waals surface area contributed by atoms with Crippen LogP contribution in [0.5, 0.6) is 0 Å². The number of rotatable bonds is 5. The largest absolute Gasteiger partial charge is 0.480 e. The summed E-state index contributed by atoms with van der Waals surface area (Å²) in [4.78, 5) is 23.4. The lowest BCUT2D eigenvalue weighted by atomic mass is 9.98. The smallest absolute Gasteiger partial charge is 0.420 e. The van der Waals surface area contributed by atoms with Gasteiger partial charge in [-0.2, -0.15) is 0 Å². The topological polar surface area (TPSA) is 66.8 Å². The molecule has 0 heterocycles. The second-order valence-corrected chi connectivity index (χ2v) is 6.59. The van der Waals surface area contributed by atoms with Crippen LogP contribution in [0.15, 0.2) is 48.5 Å². The van der Waals surface area contributed by atoms with Crippen LogP contribution >= 0.6 is 11.9 Å². The van der Waals surface area contributed by atoms with Crippen LogP contribution in [0.25, 0.3) is 11.1 Å². The molecular formula is C19H19NO4S. The lowest BCUT2D eigenvalue weighted by Gasteiger charge is -2.24. The highest BCUT2D eigenvalue weighted by Gasteiger charge is 2.31. The summed E-state index contributed by atoms with van der Waals surface area (Å²) in [5.74, 6) is -1.11. The number of nitrogens with zero attached hydrogens (tertiary/aromatic N) is 1. The Morgan fingerprint density at radius 2 is 1.64 bits per heavy atom. The van der Waals surface area contributed by atoms with Crippen molar-refractivity contribution in [2.24, 2.45) is 0 Å². The fourth-order valence-corrected chi connectivity index (χ4v) is 3.76. The summed E-state index contributed by atoms with van der Waals surface area (Å²) in [6, 6.07) is 15.2. The highest BCUT2D eigenvalue weighted by Crippen LogP contribution is 2.44. The number of carboxylic acid groups (broad SMARTS) is 1.